The molecule has 3 atom stereocenters. The highest BCUT2D eigenvalue weighted by atomic mass is 32.2. The Morgan fingerprint density at radius 2 is 2.50 bits per heavy atom. The van der Waals surface area contributed by atoms with Crippen molar-refractivity contribution in [3.63, 3.8) is 0 Å². The highest BCUT2D eigenvalue weighted by Crippen LogP contribution is 2.51. The second-order valence-corrected chi connectivity index (χ2v) is 10.8. The molecule has 3 unspecified atom stereocenters. The number of hydrogen-bond acceptors (Lipinski definition) is 6. The van der Waals surface area contributed by atoms with E-state index in [9.17, 15) is 4.79 Å². The van der Waals surface area contributed by atoms with Gasteiger partial charge >= 0.3 is 0 Å². The number of carbonyl (C=O) groups is 1. The van der Waals surface area contributed by atoms with Crippen molar-refractivity contribution in [2.75, 3.05) is 17.3 Å². The molecule has 1 aromatic rings. The Balaban J connectivity index is 1.63. The van der Waals surface area contributed by atoms with Crippen LogP contribution in [0.15, 0.2) is 30.2 Å². The summed E-state index contributed by atoms with van der Waals surface area (Å²) in [7, 11) is 0. The molecule has 1 saturated heterocycles. The van der Waals surface area contributed by atoms with Gasteiger partial charge in [-0.05, 0) is 17.5 Å². The number of rotatable bonds is 7. The number of thioether (sulfide) groups is 4. The van der Waals surface area contributed by atoms with Gasteiger partial charge in [-0.2, -0.15) is 11.8 Å². The average molecular weight is 363 g/mol. The van der Waals surface area contributed by atoms with Crippen LogP contribution in [-0.4, -0.2) is 32.9 Å². The largest absolute Gasteiger partial charge is 0.282 e. The predicted octanol–water partition coefficient (Wildman–Crippen LogP) is 5.16. The minimum atomic E-state index is 0.0849. The summed E-state index contributed by atoms with van der Waals surface area (Å²) in [5, 5.41) is 3.36. The molecular formula is C14H18OS5. The van der Waals surface area contributed by atoms with Crippen molar-refractivity contribution in [3.8, 4) is 0 Å². The van der Waals surface area contributed by atoms with Gasteiger partial charge in [0.05, 0.1) is 4.58 Å². The third kappa shape index (κ3) is 5.37. The Bertz CT molecular complexity index is 431. The maximum Gasteiger partial charge on any atom is 0.211 e. The van der Waals surface area contributed by atoms with E-state index < -0.39 is 0 Å². The fourth-order valence-corrected chi connectivity index (χ4v) is 8.58. The zero-order valence-electron chi connectivity index (χ0n) is 11.3. The Labute approximate surface area is 142 Å². The van der Waals surface area contributed by atoms with Gasteiger partial charge in [-0.15, -0.1) is 34.9 Å². The molecule has 1 nitrogen and oxygen atoms in total. The zero-order valence-corrected chi connectivity index (χ0v) is 15.4. The van der Waals surface area contributed by atoms with E-state index in [1.165, 1.54) is 34.2 Å². The van der Waals surface area contributed by atoms with Crippen molar-refractivity contribution >= 4 is 63.5 Å². The second-order valence-electron chi connectivity index (χ2n) is 4.43. The fraction of sp³-hybridized carbons (Fsp3) is 0.500. The Morgan fingerprint density at radius 1 is 1.65 bits per heavy atom. The van der Waals surface area contributed by atoms with E-state index >= 15 is 0 Å². The molecule has 0 N–H and O–H groups in total. The summed E-state index contributed by atoms with van der Waals surface area (Å²) in [6, 6.07) is 4.38. The summed E-state index contributed by atoms with van der Waals surface area (Å²) in [6.45, 7) is 5.62. The van der Waals surface area contributed by atoms with E-state index in [0.717, 1.165) is 11.0 Å². The van der Waals surface area contributed by atoms with Gasteiger partial charge in [-0.25, -0.2) is 0 Å². The number of hydrogen-bond donors (Lipinski definition) is 0. The molecule has 110 valence electrons. The average Bonchev–Trinajstić information content (AvgIpc) is 3.08. The summed E-state index contributed by atoms with van der Waals surface area (Å²) in [5.41, 5.74) is 0. The van der Waals surface area contributed by atoms with Crippen LogP contribution in [0, 0.1) is 0 Å². The molecule has 0 spiro atoms. The van der Waals surface area contributed by atoms with Crippen LogP contribution >= 0.6 is 58.4 Å². The predicted molar refractivity (Wildman–Crippen MR) is 100 cm³/mol. The van der Waals surface area contributed by atoms with E-state index in [1.807, 2.05) is 23.1 Å². The van der Waals surface area contributed by atoms with Crippen molar-refractivity contribution in [2.24, 2.45) is 0 Å². The Morgan fingerprint density at radius 3 is 3.20 bits per heavy atom. The maximum atomic E-state index is 11.2. The first kappa shape index (κ1) is 16.9. The molecular weight excluding hydrogens is 344 g/mol. The maximum absolute atomic E-state index is 11.2. The topological polar surface area (TPSA) is 17.1 Å². The van der Waals surface area contributed by atoms with Crippen LogP contribution in [0.2, 0.25) is 0 Å². The summed E-state index contributed by atoms with van der Waals surface area (Å²) < 4.78 is 0.634. The molecule has 1 aliphatic rings. The molecule has 0 saturated carbocycles. The molecule has 1 fully saturated rings. The zero-order chi connectivity index (χ0) is 14.4. The minimum Gasteiger partial charge on any atom is -0.282 e. The van der Waals surface area contributed by atoms with Gasteiger partial charge in [0, 0.05) is 32.6 Å². The van der Waals surface area contributed by atoms with Crippen LogP contribution < -0.4 is 0 Å². The minimum absolute atomic E-state index is 0.0849. The Kier molecular flexibility index (Phi) is 7.45. The van der Waals surface area contributed by atoms with Gasteiger partial charge < -0.3 is 0 Å². The molecule has 0 bridgehead atoms. The molecule has 2 heterocycles. The molecule has 1 aromatic heterocycles. The van der Waals surface area contributed by atoms with E-state index in [0.29, 0.717) is 9.83 Å². The first-order valence-corrected chi connectivity index (χ1v) is 11.3. The molecule has 6 heteroatoms. The lowest BCUT2D eigenvalue weighted by molar-refractivity contribution is -0.107. The lowest BCUT2D eigenvalue weighted by atomic mass is 10.5. The second kappa shape index (κ2) is 8.83. The quantitative estimate of drug-likeness (QED) is 0.621. The normalized spacial score (nSPS) is 23.6. The number of carbonyl (C=O) groups excluding carboxylic acids is 1. The van der Waals surface area contributed by atoms with Gasteiger partial charge in [0.15, 0.2) is 0 Å². The summed E-state index contributed by atoms with van der Waals surface area (Å²) in [5.74, 6) is 3.47. The van der Waals surface area contributed by atoms with Crippen LogP contribution in [0.5, 0.6) is 0 Å². The van der Waals surface area contributed by atoms with Crippen LogP contribution in [0.25, 0.3) is 0 Å². The van der Waals surface area contributed by atoms with E-state index in [4.69, 9.17) is 0 Å². The molecule has 0 aliphatic carbocycles. The van der Waals surface area contributed by atoms with Gasteiger partial charge in [-0.3, -0.25) is 4.79 Å². The van der Waals surface area contributed by atoms with Gasteiger partial charge in [0.1, 0.15) is 0 Å². The monoisotopic (exact) mass is 362 g/mol. The SMILES string of the molecule is C=CC(=O)SC(C)CSCC1CSC(c2cccs2)S1. The lowest BCUT2D eigenvalue weighted by Gasteiger charge is -2.11. The lowest BCUT2D eigenvalue weighted by Crippen LogP contribution is -2.09. The summed E-state index contributed by atoms with van der Waals surface area (Å²) >= 11 is 9.40. The smallest absolute Gasteiger partial charge is 0.211 e. The Hall–Kier alpha value is 0.510. The highest BCUT2D eigenvalue weighted by molar-refractivity contribution is 8.20. The first-order chi connectivity index (χ1) is 9.69. The molecule has 2 rings (SSSR count). The van der Waals surface area contributed by atoms with Crippen molar-refractivity contribution in [1.29, 1.82) is 0 Å². The molecule has 1 aliphatic heterocycles. The summed E-state index contributed by atoms with van der Waals surface area (Å²) in [4.78, 5) is 12.7. The third-order valence-electron chi connectivity index (χ3n) is 2.67. The van der Waals surface area contributed by atoms with Gasteiger partial charge in [-0.1, -0.05) is 31.3 Å². The van der Waals surface area contributed by atoms with Crippen molar-refractivity contribution in [3.05, 3.63) is 35.0 Å². The van der Waals surface area contributed by atoms with Gasteiger partial charge in [0.25, 0.3) is 0 Å². The van der Waals surface area contributed by atoms with Crippen molar-refractivity contribution in [2.45, 2.75) is 22.0 Å². The van der Waals surface area contributed by atoms with E-state index in [-0.39, 0.29) is 5.12 Å². The van der Waals surface area contributed by atoms with Crippen LogP contribution in [0.4, 0.5) is 0 Å². The van der Waals surface area contributed by atoms with Crippen LogP contribution in [-0.2, 0) is 4.79 Å². The highest BCUT2D eigenvalue weighted by Gasteiger charge is 2.27. The third-order valence-corrected chi connectivity index (χ3v) is 9.99. The first-order valence-electron chi connectivity index (χ1n) is 6.40. The van der Waals surface area contributed by atoms with Gasteiger partial charge in [0.2, 0.25) is 5.12 Å². The molecule has 20 heavy (non-hydrogen) atoms. The summed E-state index contributed by atoms with van der Waals surface area (Å²) in [6.07, 6.45) is 1.40. The fourth-order valence-electron chi connectivity index (χ4n) is 1.76. The van der Waals surface area contributed by atoms with E-state index in [2.05, 4.69) is 54.5 Å². The molecule has 0 radical (unpaired) electrons. The number of thiophene rings is 1. The molecule has 0 aromatic carbocycles. The van der Waals surface area contributed by atoms with E-state index in [1.54, 1.807) is 0 Å². The standard InChI is InChI=1S/C14H18OS5/c1-3-13(15)19-10(2)7-16-8-11-9-18-14(20-11)12-5-4-6-17-12/h3-6,10-11,14H,1,7-9H2,2H3. The van der Waals surface area contributed by atoms with Crippen LogP contribution in [0.3, 0.4) is 0 Å². The van der Waals surface area contributed by atoms with Crippen LogP contribution in [0.1, 0.15) is 16.4 Å². The van der Waals surface area contributed by atoms with Crippen molar-refractivity contribution < 1.29 is 4.79 Å². The molecule has 0 amide bonds. The van der Waals surface area contributed by atoms with Crippen molar-refractivity contribution in [1.82, 2.24) is 0 Å².